The van der Waals surface area contributed by atoms with E-state index < -0.39 is 11.2 Å². The molecule has 0 atom stereocenters. The Labute approximate surface area is 383 Å². The van der Waals surface area contributed by atoms with Gasteiger partial charge in [-0.2, -0.15) is 0 Å². The monoisotopic (exact) mass is 908 g/mol. The van der Waals surface area contributed by atoms with Crippen molar-refractivity contribution in [3.05, 3.63) is 104 Å². The van der Waals surface area contributed by atoms with Crippen LogP contribution in [-0.2, 0) is 29.2 Å². The number of methoxy groups -OCH3 is 2. The maximum Gasteiger partial charge on any atom is 0.410 e. The lowest BCUT2D eigenvalue weighted by atomic mass is 10.0. The number of likely N-dealkylation sites (tertiary alicyclic amines) is 1. The molecular formula is C49H60N6O11. The van der Waals surface area contributed by atoms with Crippen LogP contribution >= 0.6 is 0 Å². The van der Waals surface area contributed by atoms with Crippen LogP contribution in [0.1, 0.15) is 59.9 Å². The van der Waals surface area contributed by atoms with E-state index >= 15 is 0 Å². The van der Waals surface area contributed by atoms with Crippen LogP contribution in [0.5, 0.6) is 23.0 Å². The molecule has 3 aromatic carbocycles. The van der Waals surface area contributed by atoms with Gasteiger partial charge in [0.05, 0.1) is 42.9 Å². The lowest BCUT2D eigenvalue weighted by Crippen LogP contribution is -2.49. The van der Waals surface area contributed by atoms with Gasteiger partial charge in [0.1, 0.15) is 36.6 Å². The van der Waals surface area contributed by atoms with Crippen LogP contribution in [0.25, 0.3) is 21.8 Å². The summed E-state index contributed by atoms with van der Waals surface area (Å²) in [6.45, 7) is 9.60. The van der Waals surface area contributed by atoms with E-state index in [1.54, 1.807) is 64.1 Å². The fourth-order valence-corrected chi connectivity index (χ4v) is 8.05. The zero-order valence-corrected chi connectivity index (χ0v) is 39.3. The molecule has 66 heavy (non-hydrogen) atoms. The topological polar surface area (TPSA) is 171 Å². The van der Waals surface area contributed by atoms with Gasteiger partial charge in [-0.05, 0) is 75.6 Å². The molecule has 0 saturated carbocycles. The van der Waals surface area contributed by atoms with Gasteiger partial charge in [0.25, 0.3) is 22.9 Å². The number of amides is 3. The molecule has 1 saturated heterocycles. The second-order valence-electron chi connectivity index (χ2n) is 17.5. The number of carbonyl (C=O) groups is 4. The number of pyridine rings is 2. The van der Waals surface area contributed by atoms with Crippen molar-refractivity contribution in [2.24, 2.45) is 0 Å². The first kappa shape index (κ1) is 48.6. The summed E-state index contributed by atoms with van der Waals surface area (Å²) >= 11 is 0. The van der Waals surface area contributed by atoms with Gasteiger partial charge < -0.3 is 57.2 Å². The lowest BCUT2D eigenvalue weighted by molar-refractivity contribution is -0.108. The number of benzene rings is 3. The van der Waals surface area contributed by atoms with Crippen LogP contribution in [0.4, 0.5) is 4.79 Å². The van der Waals surface area contributed by atoms with E-state index in [-0.39, 0.29) is 36.1 Å². The van der Waals surface area contributed by atoms with Gasteiger partial charge in [-0.25, -0.2) is 4.79 Å². The molecule has 2 aliphatic heterocycles. The second kappa shape index (κ2) is 21.0. The van der Waals surface area contributed by atoms with E-state index in [0.29, 0.717) is 95.1 Å². The second-order valence-corrected chi connectivity index (χ2v) is 17.5. The summed E-state index contributed by atoms with van der Waals surface area (Å²) < 4.78 is 30.9. The predicted molar refractivity (Wildman–Crippen MR) is 250 cm³/mol. The minimum Gasteiger partial charge on any atom is -0.497 e. The molecule has 0 spiro atoms. The first-order chi connectivity index (χ1) is 31.4. The van der Waals surface area contributed by atoms with Gasteiger partial charge in [-0.3, -0.25) is 19.2 Å². The number of hydrogen-bond acceptors (Lipinski definition) is 12. The summed E-state index contributed by atoms with van der Waals surface area (Å²) in [5.74, 6) is 2.09. The molecule has 2 aliphatic rings. The van der Waals surface area contributed by atoms with Gasteiger partial charge >= 0.3 is 6.09 Å². The highest BCUT2D eigenvalue weighted by Crippen LogP contribution is 2.32. The number of carbonyl (C=O) groups excluding carboxylic acids is 4. The molecular weight excluding hydrogens is 849 g/mol. The minimum absolute atomic E-state index is 0.00607. The Hall–Kier alpha value is -6.88. The number of piperidine rings is 1. The number of ether oxygens (including phenoxy) is 5. The Morgan fingerprint density at radius 1 is 0.712 bits per heavy atom. The lowest BCUT2D eigenvalue weighted by Gasteiger charge is -2.39. The molecule has 2 aromatic heterocycles. The van der Waals surface area contributed by atoms with Gasteiger partial charge in [0.2, 0.25) is 0 Å². The summed E-state index contributed by atoms with van der Waals surface area (Å²) in [6.07, 6.45) is 1.84. The maximum atomic E-state index is 13.4. The number of aldehydes is 1. The summed E-state index contributed by atoms with van der Waals surface area (Å²) in [6, 6.07) is 19.0. The number of hydrogen-bond donors (Lipinski definition) is 0. The molecule has 0 radical (unpaired) electrons. The van der Waals surface area contributed by atoms with Crippen molar-refractivity contribution in [1.29, 1.82) is 0 Å². The van der Waals surface area contributed by atoms with Crippen LogP contribution in [0.3, 0.4) is 0 Å². The summed E-state index contributed by atoms with van der Waals surface area (Å²) in [4.78, 5) is 81.8. The van der Waals surface area contributed by atoms with Crippen molar-refractivity contribution in [1.82, 2.24) is 28.7 Å². The molecule has 4 heterocycles. The smallest absolute Gasteiger partial charge is 0.410 e. The molecule has 0 aliphatic carbocycles. The summed E-state index contributed by atoms with van der Waals surface area (Å²) in [7, 11) is 9.68. The average Bonchev–Trinajstić information content (AvgIpc) is 3.29. The molecule has 1 fully saturated rings. The molecule has 0 unspecified atom stereocenters. The van der Waals surface area contributed by atoms with E-state index in [2.05, 4.69) is 4.90 Å². The molecule has 7 rings (SSSR count). The minimum atomic E-state index is -0.617. The standard InChI is InChI=1S/C34H44N4O7.C15H16N2O4/c1-34(2,3)45-33(41)38(22-23-7-10-29-30(19-23)44-18-17-43-29)24-11-13-36(14-12-24)15-16-37-28-20-25(42-6)8-9-26(28)27(21-31(37)39)32(40)35(4)5;1-16(2)15(20)12-9-14(19)17(6-7-18)13-8-10(21-3)4-5-11(12)13/h7-10,19-21,24H,11-18,22H2,1-6H3;4-5,7-9H,6H2,1-3H3. The molecule has 3 amide bonds. The Kier molecular flexibility index (Phi) is 15.4. The van der Waals surface area contributed by atoms with Gasteiger partial charge in [0.15, 0.2) is 11.5 Å². The van der Waals surface area contributed by atoms with Crippen molar-refractivity contribution >= 4 is 46.0 Å². The molecule has 352 valence electrons. The zero-order chi connectivity index (χ0) is 47.9. The SMILES string of the molecule is COc1ccc2c(C(=O)N(C)C)cc(=O)n(CC=O)c2c1.COc1ccc2c(C(=O)N(C)C)cc(=O)n(CCN3CCC(N(Cc4ccc5c(c4)OCCO5)C(=O)OC(C)(C)C)CC3)c2c1. The Morgan fingerprint density at radius 3 is 1.76 bits per heavy atom. The highest BCUT2D eigenvalue weighted by Gasteiger charge is 2.32. The number of nitrogens with zero attached hydrogens (tertiary/aromatic N) is 6. The van der Waals surface area contributed by atoms with Crippen molar-refractivity contribution in [3.63, 3.8) is 0 Å². The third kappa shape index (κ3) is 11.3. The third-order valence-corrected chi connectivity index (χ3v) is 11.4. The summed E-state index contributed by atoms with van der Waals surface area (Å²) in [5.41, 5.74) is 1.56. The van der Waals surface area contributed by atoms with E-state index in [4.69, 9.17) is 23.7 Å². The number of fused-ring (bicyclic) bond motifs is 3. The van der Waals surface area contributed by atoms with E-state index in [1.807, 2.05) is 56.0 Å². The van der Waals surface area contributed by atoms with Crippen LogP contribution in [0, 0.1) is 0 Å². The molecule has 5 aromatic rings. The van der Waals surface area contributed by atoms with Gasteiger partial charge in [-0.1, -0.05) is 6.07 Å². The number of rotatable bonds is 12. The average molecular weight is 909 g/mol. The molecule has 17 heteroatoms. The van der Waals surface area contributed by atoms with Crippen molar-refractivity contribution in [3.8, 4) is 23.0 Å². The molecule has 0 N–H and O–H groups in total. The van der Waals surface area contributed by atoms with Gasteiger partial charge in [0, 0.05) is 102 Å². The maximum absolute atomic E-state index is 13.4. The largest absolute Gasteiger partial charge is 0.497 e. The molecule has 0 bridgehead atoms. The highest BCUT2D eigenvalue weighted by atomic mass is 16.6. The van der Waals surface area contributed by atoms with Crippen LogP contribution in [-0.4, -0.2) is 140 Å². The molecule has 17 nitrogen and oxygen atoms in total. The normalized spacial score (nSPS) is 13.9. The van der Waals surface area contributed by atoms with E-state index in [1.165, 1.54) is 33.6 Å². The van der Waals surface area contributed by atoms with Gasteiger partial charge in [-0.15, -0.1) is 0 Å². The Bertz CT molecular complexity index is 2710. The van der Waals surface area contributed by atoms with Crippen LogP contribution in [0.15, 0.2) is 76.3 Å². The van der Waals surface area contributed by atoms with E-state index in [9.17, 15) is 28.8 Å². The van der Waals surface area contributed by atoms with Crippen molar-refractivity contribution in [2.45, 2.75) is 64.9 Å². The van der Waals surface area contributed by atoms with Crippen molar-refractivity contribution in [2.75, 3.05) is 75.3 Å². The number of aromatic nitrogens is 2. The third-order valence-electron chi connectivity index (χ3n) is 11.4. The fourth-order valence-electron chi connectivity index (χ4n) is 8.05. The quantitative estimate of drug-likeness (QED) is 0.148. The Balaban J connectivity index is 0.000000286. The summed E-state index contributed by atoms with van der Waals surface area (Å²) in [5, 5.41) is 1.32. The first-order valence-corrected chi connectivity index (χ1v) is 21.8. The van der Waals surface area contributed by atoms with Crippen molar-refractivity contribution < 1.29 is 42.9 Å². The Morgan fingerprint density at radius 2 is 1.24 bits per heavy atom. The van der Waals surface area contributed by atoms with E-state index in [0.717, 1.165) is 31.5 Å². The zero-order valence-electron chi connectivity index (χ0n) is 39.3. The fraction of sp³-hybridized carbons (Fsp3) is 0.429. The predicted octanol–water partition coefficient (Wildman–Crippen LogP) is 5.30. The highest BCUT2D eigenvalue weighted by molar-refractivity contribution is 6.07. The first-order valence-electron chi connectivity index (χ1n) is 21.8. The van der Waals surface area contributed by atoms with Crippen LogP contribution < -0.4 is 30.1 Å². The van der Waals surface area contributed by atoms with Crippen LogP contribution in [0.2, 0.25) is 0 Å².